The molecule has 0 aromatic heterocycles. The maximum Gasteiger partial charge on any atom is 0.326 e. The second kappa shape index (κ2) is 14.6. The number of hydrogen-bond donors (Lipinski definition) is 7. The number of rotatable bonds is 15. The van der Waals surface area contributed by atoms with Gasteiger partial charge in [-0.25, -0.2) is 4.79 Å². The van der Waals surface area contributed by atoms with Crippen molar-refractivity contribution in [2.24, 2.45) is 17.4 Å². The summed E-state index contributed by atoms with van der Waals surface area (Å²) in [6.07, 6.45) is 1.59. The molecule has 0 aromatic rings. The Morgan fingerprint density at radius 2 is 1.52 bits per heavy atom. The third-order valence-corrected chi connectivity index (χ3v) is 4.96. The summed E-state index contributed by atoms with van der Waals surface area (Å²) in [4.78, 5) is 59.7. The fraction of sp³-hybridized carbons (Fsp3) is 0.722. The third-order valence-electron chi connectivity index (χ3n) is 4.32. The van der Waals surface area contributed by atoms with E-state index in [0.717, 1.165) is 0 Å². The van der Waals surface area contributed by atoms with Crippen LogP contribution in [0.3, 0.4) is 0 Å². The van der Waals surface area contributed by atoms with Crippen LogP contribution in [0, 0.1) is 5.92 Å². The van der Waals surface area contributed by atoms with Crippen LogP contribution in [0.15, 0.2) is 0 Å². The van der Waals surface area contributed by atoms with Crippen molar-refractivity contribution < 1.29 is 34.2 Å². The molecular formula is C18H33N5O7S. The molecule has 0 heterocycles. The van der Waals surface area contributed by atoms with Crippen molar-refractivity contribution in [3.63, 3.8) is 0 Å². The lowest BCUT2D eigenvalue weighted by Crippen LogP contribution is -2.58. The van der Waals surface area contributed by atoms with Gasteiger partial charge >= 0.3 is 5.97 Å². The van der Waals surface area contributed by atoms with E-state index in [0.29, 0.717) is 5.75 Å². The third kappa shape index (κ3) is 11.0. The van der Waals surface area contributed by atoms with Gasteiger partial charge in [-0.1, -0.05) is 13.8 Å². The Bertz CT molecular complexity index is 647. The first-order chi connectivity index (χ1) is 14.4. The summed E-state index contributed by atoms with van der Waals surface area (Å²) in [5.74, 6) is -4.02. The topological polar surface area (TPSA) is 214 Å². The molecule has 31 heavy (non-hydrogen) atoms. The average Bonchev–Trinajstić information content (AvgIpc) is 2.70. The molecule has 13 heteroatoms. The maximum atomic E-state index is 12.8. The number of nitrogens with two attached hydrogens (primary N) is 2. The lowest BCUT2D eigenvalue weighted by molar-refractivity contribution is -0.142. The summed E-state index contributed by atoms with van der Waals surface area (Å²) in [7, 11) is 0. The molecular weight excluding hydrogens is 430 g/mol. The first kappa shape index (κ1) is 28.6. The summed E-state index contributed by atoms with van der Waals surface area (Å²) in [5, 5.41) is 25.6. The van der Waals surface area contributed by atoms with Crippen molar-refractivity contribution >= 4 is 41.4 Å². The molecule has 0 aliphatic heterocycles. The van der Waals surface area contributed by atoms with Gasteiger partial charge in [-0.05, 0) is 30.8 Å². The number of carbonyl (C=O) groups is 5. The minimum absolute atomic E-state index is 0.191. The Morgan fingerprint density at radius 1 is 0.935 bits per heavy atom. The Balaban J connectivity index is 5.35. The molecule has 0 aliphatic rings. The van der Waals surface area contributed by atoms with Crippen LogP contribution in [0.2, 0.25) is 0 Å². The van der Waals surface area contributed by atoms with E-state index in [1.165, 1.54) is 11.8 Å². The van der Waals surface area contributed by atoms with Gasteiger partial charge < -0.3 is 37.6 Å². The number of amides is 4. The predicted molar refractivity (Wildman–Crippen MR) is 115 cm³/mol. The van der Waals surface area contributed by atoms with Crippen molar-refractivity contribution in [1.29, 1.82) is 0 Å². The van der Waals surface area contributed by atoms with Crippen LogP contribution in [0.4, 0.5) is 0 Å². The van der Waals surface area contributed by atoms with Gasteiger partial charge in [0.25, 0.3) is 0 Å². The molecule has 4 amide bonds. The number of carbonyl (C=O) groups excluding carboxylic acids is 4. The number of nitrogens with one attached hydrogen (secondary N) is 3. The van der Waals surface area contributed by atoms with E-state index >= 15 is 0 Å². The molecule has 0 saturated heterocycles. The number of carboxylic acids is 1. The molecule has 0 radical (unpaired) electrons. The fourth-order valence-electron chi connectivity index (χ4n) is 2.46. The van der Waals surface area contributed by atoms with Gasteiger partial charge in [-0.2, -0.15) is 11.8 Å². The zero-order chi connectivity index (χ0) is 24.1. The second-order valence-electron chi connectivity index (χ2n) is 7.27. The minimum atomic E-state index is -1.35. The summed E-state index contributed by atoms with van der Waals surface area (Å²) in [5.41, 5.74) is 10.5. The monoisotopic (exact) mass is 463 g/mol. The van der Waals surface area contributed by atoms with Crippen molar-refractivity contribution in [1.82, 2.24) is 16.0 Å². The lowest BCUT2D eigenvalue weighted by atomic mass is 10.0. The van der Waals surface area contributed by atoms with E-state index in [1.54, 1.807) is 20.1 Å². The number of thioether (sulfide) groups is 1. The first-order valence-corrected chi connectivity index (χ1v) is 11.1. The van der Waals surface area contributed by atoms with Crippen LogP contribution >= 0.6 is 11.8 Å². The van der Waals surface area contributed by atoms with Crippen molar-refractivity contribution in [2.75, 3.05) is 18.6 Å². The van der Waals surface area contributed by atoms with Crippen LogP contribution in [0.5, 0.6) is 0 Å². The number of carboxylic acid groups (broad SMARTS) is 1. The average molecular weight is 464 g/mol. The van der Waals surface area contributed by atoms with Gasteiger partial charge in [0.2, 0.25) is 23.6 Å². The van der Waals surface area contributed by atoms with Gasteiger partial charge in [0, 0.05) is 6.42 Å². The molecule has 0 rings (SSSR count). The molecule has 12 nitrogen and oxygen atoms in total. The van der Waals surface area contributed by atoms with Gasteiger partial charge in [-0.15, -0.1) is 0 Å². The van der Waals surface area contributed by atoms with E-state index in [1.807, 2.05) is 0 Å². The van der Waals surface area contributed by atoms with Crippen LogP contribution in [0.1, 0.15) is 33.1 Å². The lowest BCUT2D eigenvalue weighted by Gasteiger charge is -2.26. The highest BCUT2D eigenvalue weighted by Gasteiger charge is 2.31. The molecule has 4 atom stereocenters. The normalized spacial score (nSPS) is 14.8. The van der Waals surface area contributed by atoms with E-state index in [2.05, 4.69) is 16.0 Å². The number of aliphatic hydroxyl groups excluding tert-OH is 1. The highest BCUT2D eigenvalue weighted by molar-refractivity contribution is 7.98. The molecule has 9 N–H and O–H groups in total. The maximum absolute atomic E-state index is 12.8. The van der Waals surface area contributed by atoms with Crippen LogP contribution in [-0.4, -0.2) is 82.6 Å². The summed E-state index contributed by atoms with van der Waals surface area (Å²) in [6, 6.07) is -4.65. The molecule has 0 aromatic carbocycles. The Hall–Kier alpha value is -2.38. The van der Waals surface area contributed by atoms with E-state index in [4.69, 9.17) is 16.6 Å². The summed E-state index contributed by atoms with van der Waals surface area (Å²) in [6.45, 7) is 2.76. The largest absolute Gasteiger partial charge is 0.480 e. The van der Waals surface area contributed by atoms with Crippen LogP contribution in [0.25, 0.3) is 0 Å². The molecule has 0 saturated carbocycles. The van der Waals surface area contributed by atoms with Crippen LogP contribution in [-0.2, 0) is 24.0 Å². The van der Waals surface area contributed by atoms with Crippen LogP contribution < -0.4 is 27.4 Å². The number of primary amides is 1. The molecule has 0 aliphatic carbocycles. The van der Waals surface area contributed by atoms with Crippen molar-refractivity contribution in [2.45, 2.75) is 57.3 Å². The Labute approximate surface area is 185 Å². The van der Waals surface area contributed by atoms with Gasteiger partial charge in [0.05, 0.1) is 6.61 Å². The zero-order valence-electron chi connectivity index (χ0n) is 17.9. The van der Waals surface area contributed by atoms with Crippen molar-refractivity contribution in [3.8, 4) is 0 Å². The SMILES string of the molecule is CSCCC(NC(=O)C(NC(=O)C(N)CO)C(C)C)C(=O)NC(CCC(N)=O)C(=O)O. The number of hydrogen-bond acceptors (Lipinski definition) is 8. The van der Waals surface area contributed by atoms with Gasteiger partial charge in [0.15, 0.2) is 0 Å². The molecule has 0 fully saturated rings. The first-order valence-electron chi connectivity index (χ1n) is 9.72. The summed E-state index contributed by atoms with van der Waals surface area (Å²) >= 11 is 1.42. The second-order valence-corrected chi connectivity index (χ2v) is 8.25. The van der Waals surface area contributed by atoms with E-state index in [-0.39, 0.29) is 25.2 Å². The Morgan fingerprint density at radius 3 is 1.97 bits per heavy atom. The van der Waals surface area contributed by atoms with E-state index < -0.39 is 60.4 Å². The Kier molecular flexibility index (Phi) is 13.5. The fourth-order valence-corrected chi connectivity index (χ4v) is 2.93. The summed E-state index contributed by atoms with van der Waals surface area (Å²) < 4.78 is 0. The minimum Gasteiger partial charge on any atom is -0.480 e. The molecule has 4 unspecified atom stereocenters. The smallest absolute Gasteiger partial charge is 0.326 e. The van der Waals surface area contributed by atoms with Gasteiger partial charge in [-0.3, -0.25) is 19.2 Å². The number of aliphatic carboxylic acids is 1. The van der Waals surface area contributed by atoms with Gasteiger partial charge in [0.1, 0.15) is 24.2 Å². The predicted octanol–water partition coefficient (Wildman–Crippen LogP) is -2.48. The molecule has 178 valence electrons. The molecule has 0 spiro atoms. The van der Waals surface area contributed by atoms with E-state index in [9.17, 15) is 29.1 Å². The number of aliphatic hydroxyl groups is 1. The quantitative estimate of drug-likeness (QED) is 0.137. The standard InChI is InChI=1S/C18H33N5O7S/c1-9(2)14(23-15(26)10(19)8-24)17(28)21-11(6-7-31-3)16(27)22-12(18(29)30)4-5-13(20)25/h9-12,14,24H,4-8,19H2,1-3H3,(H2,20,25)(H,21,28)(H,22,27)(H,23,26)(H,29,30). The zero-order valence-corrected chi connectivity index (χ0v) is 18.7. The highest BCUT2D eigenvalue weighted by atomic mass is 32.2. The highest BCUT2D eigenvalue weighted by Crippen LogP contribution is 2.07. The van der Waals surface area contributed by atoms with Crippen molar-refractivity contribution in [3.05, 3.63) is 0 Å². The molecule has 0 bridgehead atoms.